The van der Waals surface area contributed by atoms with Crippen molar-refractivity contribution in [3.8, 4) is 0 Å². The third-order valence-corrected chi connectivity index (χ3v) is 2.78. The molecule has 102 valence electrons. The molecule has 3 heterocycles. The second-order valence-corrected chi connectivity index (χ2v) is 4.20. The number of aryl methyl sites for hydroxylation is 1. The molecule has 0 spiro atoms. The molecule has 0 radical (unpaired) electrons. The lowest BCUT2D eigenvalue weighted by molar-refractivity contribution is 0.0916. The van der Waals surface area contributed by atoms with Gasteiger partial charge < -0.3 is 9.84 Å². The largest absolute Gasteiger partial charge is 0.351 e. The van der Waals surface area contributed by atoms with Gasteiger partial charge in [0, 0.05) is 25.0 Å². The highest BCUT2D eigenvalue weighted by molar-refractivity contribution is 5.91. The van der Waals surface area contributed by atoms with Gasteiger partial charge >= 0.3 is 0 Å². The minimum atomic E-state index is -0.257. The highest BCUT2D eigenvalue weighted by Gasteiger charge is 2.08. The van der Waals surface area contributed by atoms with E-state index in [0.717, 1.165) is 18.4 Å². The van der Waals surface area contributed by atoms with Gasteiger partial charge in [0.2, 0.25) is 5.76 Å². The van der Waals surface area contributed by atoms with Gasteiger partial charge in [-0.15, -0.1) is 0 Å². The minimum Gasteiger partial charge on any atom is -0.351 e. The summed E-state index contributed by atoms with van der Waals surface area (Å²) >= 11 is 0. The first-order valence-electron chi connectivity index (χ1n) is 6.16. The number of nitrogens with one attached hydrogen (secondary N) is 1. The van der Waals surface area contributed by atoms with Gasteiger partial charge in [-0.25, -0.2) is 9.50 Å². The highest BCUT2D eigenvalue weighted by atomic mass is 16.5. The lowest BCUT2D eigenvalue weighted by Crippen LogP contribution is -2.24. The van der Waals surface area contributed by atoms with Crippen LogP contribution >= 0.6 is 0 Å². The van der Waals surface area contributed by atoms with Crippen LogP contribution in [0.1, 0.15) is 22.5 Å². The first kappa shape index (κ1) is 12.3. The molecule has 0 saturated heterocycles. The Hall–Kier alpha value is -2.77. The number of rotatable bonds is 5. The number of aromatic nitrogens is 5. The number of hydrogen-bond acceptors (Lipinski definition) is 6. The Labute approximate surface area is 113 Å². The molecule has 3 aromatic rings. The molecule has 0 aliphatic rings. The Kier molecular flexibility index (Phi) is 3.36. The van der Waals surface area contributed by atoms with Crippen LogP contribution in [0.5, 0.6) is 0 Å². The third kappa shape index (κ3) is 2.63. The van der Waals surface area contributed by atoms with E-state index >= 15 is 0 Å². The predicted octanol–water partition coefficient (Wildman–Crippen LogP) is 0.475. The summed E-state index contributed by atoms with van der Waals surface area (Å²) in [4.78, 5) is 19.7. The number of nitrogens with zero attached hydrogens (tertiary/aromatic N) is 5. The van der Waals surface area contributed by atoms with E-state index < -0.39 is 0 Å². The van der Waals surface area contributed by atoms with Crippen molar-refractivity contribution in [2.45, 2.75) is 12.8 Å². The molecule has 3 aromatic heterocycles. The topological polar surface area (TPSA) is 98.2 Å². The van der Waals surface area contributed by atoms with E-state index in [-0.39, 0.29) is 11.7 Å². The Morgan fingerprint density at radius 2 is 2.35 bits per heavy atom. The van der Waals surface area contributed by atoms with Crippen molar-refractivity contribution in [2.24, 2.45) is 0 Å². The molecular weight excluding hydrogens is 260 g/mol. The fourth-order valence-corrected chi connectivity index (χ4v) is 1.80. The maximum atomic E-state index is 11.6. The minimum absolute atomic E-state index is 0.218. The molecule has 0 bridgehead atoms. The summed E-state index contributed by atoms with van der Waals surface area (Å²) in [5.74, 6) is 0.537. The van der Waals surface area contributed by atoms with Crippen LogP contribution in [0.25, 0.3) is 5.78 Å². The van der Waals surface area contributed by atoms with E-state index in [4.69, 9.17) is 4.52 Å². The van der Waals surface area contributed by atoms with Crippen LogP contribution < -0.4 is 5.32 Å². The summed E-state index contributed by atoms with van der Waals surface area (Å²) < 4.78 is 6.39. The van der Waals surface area contributed by atoms with Crippen LogP contribution in [-0.4, -0.2) is 37.2 Å². The molecule has 0 atom stereocenters. The molecule has 8 heteroatoms. The van der Waals surface area contributed by atoms with Crippen molar-refractivity contribution < 1.29 is 9.32 Å². The van der Waals surface area contributed by atoms with E-state index in [0.29, 0.717) is 12.3 Å². The maximum absolute atomic E-state index is 11.6. The smallest absolute Gasteiger partial charge is 0.289 e. The number of fused-ring (bicyclic) bond motifs is 1. The monoisotopic (exact) mass is 272 g/mol. The number of carbonyl (C=O) groups excluding carboxylic acids is 1. The Morgan fingerprint density at radius 1 is 1.40 bits per heavy atom. The molecule has 0 aliphatic heterocycles. The van der Waals surface area contributed by atoms with Gasteiger partial charge in [-0.2, -0.15) is 10.1 Å². The van der Waals surface area contributed by atoms with E-state index in [1.807, 2.05) is 6.20 Å². The Balaban J connectivity index is 1.49. The molecule has 0 unspecified atom stereocenters. The van der Waals surface area contributed by atoms with E-state index in [2.05, 4.69) is 25.5 Å². The first-order valence-corrected chi connectivity index (χ1v) is 6.16. The summed E-state index contributed by atoms with van der Waals surface area (Å²) in [6, 6.07) is 1.53. The van der Waals surface area contributed by atoms with Gasteiger partial charge in [-0.3, -0.25) is 4.79 Å². The Morgan fingerprint density at radius 3 is 3.20 bits per heavy atom. The van der Waals surface area contributed by atoms with Crippen LogP contribution in [-0.2, 0) is 6.42 Å². The van der Waals surface area contributed by atoms with Crippen LogP contribution in [0, 0.1) is 0 Å². The van der Waals surface area contributed by atoms with Gasteiger partial charge in [0.15, 0.2) is 0 Å². The standard InChI is InChI=1S/C12H12N6O2/c19-11(10-3-5-17-20-10)13-4-1-2-9-6-14-12-15-8-16-18(12)7-9/h3,5-8H,1-2,4H2,(H,13,19). The average molecular weight is 272 g/mol. The summed E-state index contributed by atoms with van der Waals surface area (Å²) in [7, 11) is 0. The fraction of sp³-hybridized carbons (Fsp3) is 0.250. The van der Waals surface area contributed by atoms with Gasteiger partial charge in [-0.05, 0) is 18.4 Å². The third-order valence-electron chi connectivity index (χ3n) is 2.78. The fourth-order valence-electron chi connectivity index (χ4n) is 1.80. The summed E-state index contributed by atoms with van der Waals surface area (Å²) in [6.45, 7) is 0.551. The van der Waals surface area contributed by atoms with Crippen molar-refractivity contribution in [3.63, 3.8) is 0 Å². The van der Waals surface area contributed by atoms with Gasteiger partial charge in [0.1, 0.15) is 6.33 Å². The summed E-state index contributed by atoms with van der Waals surface area (Å²) in [6.07, 6.45) is 8.13. The molecule has 20 heavy (non-hydrogen) atoms. The molecule has 0 fully saturated rings. The Bertz CT molecular complexity index is 706. The molecule has 1 amide bonds. The van der Waals surface area contributed by atoms with Crippen LogP contribution in [0.15, 0.2) is 35.5 Å². The average Bonchev–Trinajstić information content (AvgIpc) is 3.13. The normalized spacial score (nSPS) is 10.8. The van der Waals surface area contributed by atoms with Crippen molar-refractivity contribution in [1.29, 1.82) is 0 Å². The van der Waals surface area contributed by atoms with Gasteiger partial charge in [0.25, 0.3) is 11.7 Å². The first-order chi connectivity index (χ1) is 9.83. The zero-order valence-electron chi connectivity index (χ0n) is 10.6. The second kappa shape index (κ2) is 5.47. The quantitative estimate of drug-likeness (QED) is 0.678. The van der Waals surface area contributed by atoms with E-state index in [9.17, 15) is 4.79 Å². The number of amides is 1. The van der Waals surface area contributed by atoms with Crippen molar-refractivity contribution >= 4 is 11.7 Å². The van der Waals surface area contributed by atoms with Crippen LogP contribution in [0.2, 0.25) is 0 Å². The van der Waals surface area contributed by atoms with Crippen molar-refractivity contribution in [3.05, 3.63) is 42.3 Å². The van der Waals surface area contributed by atoms with Crippen LogP contribution in [0.4, 0.5) is 0 Å². The van der Waals surface area contributed by atoms with Crippen LogP contribution in [0.3, 0.4) is 0 Å². The molecular formula is C12H12N6O2. The zero-order chi connectivity index (χ0) is 13.8. The maximum Gasteiger partial charge on any atom is 0.289 e. The van der Waals surface area contributed by atoms with Gasteiger partial charge in [0.05, 0.1) is 6.20 Å². The van der Waals surface area contributed by atoms with E-state index in [1.54, 1.807) is 10.7 Å². The highest BCUT2D eigenvalue weighted by Crippen LogP contribution is 2.02. The zero-order valence-corrected chi connectivity index (χ0v) is 10.6. The number of carbonyl (C=O) groups is 1. The molecule has 0 saturated carbocycles. The van der Waals surface area contributed by atoms with E-state index in [1.165, 1.54) is 18.6 Å². The van der Waals surface area contributed by atoms with Gasteiger partial charge in [-0.1, -0.05) is 5.16 Å². The second-order valence-electron chi connectivity index (χ2n) is 4.20. The molecule has 0 aliphatic carbocycles. The summed E-state index contributed by atoms with van der Waals surface area (Å²) in [5.41, 5.74) is 1.04. The lowest BCUT2D eigenvalue weighted by atomic mass is 10.2. The van der Waals surface area contributed by atoms with Crippen molar-refractivity contribution in [1.82, 2.24) is 30.1 Å². The molecule has 0 aromatic carbocycles. The number of hydrogen-bond donors (Lipinski definition) is 1. The molecule has 8 nitrogen and oxygen atoms in total. The SMILES string of the molecule is O=C(NCCCc1cnc2ncnn2c1)c1ccno1. The lowest BCUT2D eigenvalue weighted by Gasteiger charge is -2.03. The summed E-state index contributed by atoms with van der Waals surface area (Å²) in [5, 5.41) is 10.3. The predicted molar refractivity (Wildman–Crippen MR) is 67.9 cm³/mol. The molecule has 1 N–H and O–H groups in total. The molecule has 3 rings (SSSR count). The van der Waals surface area contributed by atoms with Crippen molar-refractivity contribution in [2.75, 3.05) is 6.54 Å².